The molecule has 0 bridgehead atoms. The summed E-state index contributed by atoms with van der Waals surface area (Å²) in [6.45, 7) is 6.00. The molecule has 1 aromatic heterocycles. The first kappa shape index (κ1) is 18.1. The van der Waals surface area contributed by atoms with Gasteiger partial charge in [0.05, 0.1) is 18.8 Å². The van der Waals surface area contributed by atoms with Crippen LogP contribution in [0.25, 0.3) is 5.69 Å². The molecule has 138 valence electrons. The molecule has 0 radical (unpaired) electrons. The molecule has 1 aliphatic heterocycles. The topological polar surface area (TPSA) is 69.5 Å². The maximum atomic E-state index is 12.4. The van der Waals surface area contributed by atoms with Crippen LogP contribution in [0.5, 0.6) is 5.75 Å². The lowest BCUT2D eigenvalue weighted by atomic mass is 10.2. The van der Waals surface area contributed by atoms with E-state index in [1.165, 1.54) is 6.33 Å². The number of benzene rings is 1. The van der Waals surface area contributed by atoms with Crippen molar-refractivity contribution < 1.29 is 14.3 Å². The van der Waals surface area contributed by atoms with Crippen LogP contribution in [-0.4, -0.2) is 58.0 Å². The molecule has 0 N–H and O–H groups in total. The van der Waals surface area contributed by atoms with E-state index >= 15 is 0 Å². The third kappa shape index (κ3) is 4.49. The lowest BCUT2D eigenvalue weighted by Crippen LogP contribution is -2.47. The Morgan fingerprint density at radius 1 is 1.38 bits per heavy atom. The minimum atomic E-state index is -0.128. The van der Waals surface area contributed by atoms with Gasteiger partial charge in [-0.2, -0.15) is 5.10 Å². The number of rotatable bonds is 6. The molecule has 1 aliphatic rings. The van der Waals surface area contributed by atoms with Crippen molar-refractivity contribution in [1.82, 2.24) is 19.7 Å². The zero-order valence-corrected chi connectivity index (χ0v) is 15.2. The van der Waals surface area contributed by atoms with Gasteiger partial charge in [0.15, 0.2) is 0 Å². The van der Waals surface area contributed by atoms with Crippen LogP contribution in [0.1, 0.15) is 20.3 Å². The van der Waals surface area contributed by atoms with E-state index in [0.717, 1.165) is 23.4 Å². The molecule has 3 rings (SSSR count). The number of aromatic nitrogens is 3. The van der Waals surface area contributed by atoms with Crippen molar-refractivity contribution in [2.45, 2.75) is 26.4 Å². The van der Waals surface area contributed by atoms with Gasteiger partial charge < -0.3 is 14.4 Å². The Labute approximate surface area is 153 Å². The molecule has 2 aromatic rings. The Morgan fingerprint density at radius 2 is 2.19 bits per heavy atom. The summed E-state index contributed by atoms with van der Waals surface area (Å²) in [6, 6.07) is 7.61. The highest BCUT2D eigenvalue weighted by atomic mass is 16.5. The van der Waals surface area contributed by atoms with Gasteiger partial charge in [0, 0.05) is 12.1 Å². The van der Waals surface area contributed by atoms with Crippen molar-refractivity contribution in [1.29, 1.82) is 0 Å². The first-order valence-corrected chi connectivity index (χ1v) is 8.83. The van der Waals surface area contributed by atoms with Crippen LogP contribution < -0.4 is 4.74 Å². The fourth-order valence-corrected chi connectivity index (χ4v) is 2.87. The van der Waals surface area contributed by atoms with E-state index in [-0.39, 0.29) is 12.0 Å². The van der Waals surface area contributed by atoms with Gasteiger partial charge in [-0.1, -0.05) is 13.0 Å². The molecule has 1 fully saturated rings. The first-order valence-electron chi connectivity index (χ1n) is 8.83. The number of amides is 1. The molecular weight excluding hydrogens is 332 g/mol. The van der Waals surface area contributed by atoms with Gasteiger partial charge in [-0.25, -0.2) is 9.67 Å². The molecule has 1 unspecified atom stereocenters. The van der Waals surface area contributed by atoms with Crippen LogP contribution in [0.4, 0.5) is 0 Å². The minimum absolute atomic E-state index is 0.0809. The standard InChI is InChI=1S/C19H24N4O3/c1-3-4-15(2)19(24)22-9-10-25-18(11-22)12-26-17-7-5-16(6-8-17)23-14-20-13-21-23/h4-8,13-14,18H,3,9-12H2,1-2H3/b15-4+. The maximum Gasteiger partial charge on any atom is 0.249 e. The summed E-state index contributed by atoms with van der Waals surface area (Å²) in [6.07, 6.45) is 5.83. The summed E-state index contributed by atoms with van der Waals surface area (Å²) in [5.74, 6) is 0.834. The predicted molar refractivity (Wildman–Crippen MR) is 97.2 cm³/mol. The number of nitrogens with zero attached hydrogens (tertiary/aromatic N) is 4. The molecule has 0 saturated carbocycles. The summed E-state index contributed by atoms with van der Waals surface area (Å²) in [5, 5.41) is 4.09. The van der Waals surface area contributed by atoms with Gasteiger partial charge in [-0.15, -0.1) is 0 Å². The smallest absolute Gasteiger partial charge is 0.249 e. The first-order chi connectivity index (χ1) is 12.7. The van der Waals surface area contributed by atoms with E-state index < -0.39 is 0 Å². The van der Waals surface area contributed by atoms with Crippen LogP contribution in [0.15, 0.2) is 48.6 Å². The van der Waals surface area contributed by atoms with E-state index in [1.807, 2.05) is 49.1 Å². The van der Waals surface area contributed by atoms with E-state index in [2.05, 4.69) is 10.1 Å². The van der Waals surface area contributed by atoms with Gasteiger partial charge in [0.2, 0.25) is 5.91 Å². The Bertz CT molecular complexity index is 741. The van der Waals surface area contributed by atoms with Gasteiger partial charge >= 0.3 is 0 Å². The molecule has 1 atom stereocenters. The zero-order chi connectivity index (χ0) is 18.4. The second-order valence-corrected chi connectivity index (χ2v) is 6.18. The lowest BCUT2D eigenvalue weighted by Gasteiger charge is -2.33. The Morgan fingerprint density at radius 3 is 2.88 bits per heavy atom. The zero-order valence-electron chi connectivity index (χ0n) is 15.2. The largest absolute Gasteiger partial charge is 0.491 e. The summed E-state index contributed by atoms with van der Waals surface area (Å²) in [7, 11) is 0. The maximum absolute atomic E-state index is 12.4. The second-order valence-electron chi connectivity index (χ2n) is 6.18. The number of carbonyl (C=O) groups excluding carboxylic acids is 1. The average Bonchev–Trinajstić information content (AvgIpc) is 3.21. The Hall–Kier alpha value is -2.67. The van der Waals surface area contributed by atoms with Crippen LogP contribution in [-0.2, 0) is 9.53 Å². The summed E-state index contributed by atoms with van der Waals surface area (Å²) in [4.78, 5) is 18.2. The highest BCUT2D eigenvalue weighted by Gasteiger charge is 2.25. The van der Waals surface area contributed by atoms with Gasteiger partial charge in [0.1, 0.15) is 31.1 Å². The van der Waals surface area contributed by atoms with E-state index in [4.69, 9.17) is 9.47 Å². The molecule has 7 heteroatoms. The van der Waals surface area contributed by atoms with Crippen molar-refractivity contribution in [3.05, 3.63) is 48.6 Å². The molecule has 1 aromatic carbocycles. The average molecular weight is 356 g/mol. The Balaban J connectivity index is 1.53. The normalized spacial score (nSPS) is 18.0. The predicted octanol–water partition coefficient (Wildman–Crippen LogP) is 2.23. The third-order valence-electron chi connectivity index (χ3n) is 4.23. The number of hydrogen-bond acceptors (Lipinski definition) is 5. The Kier molecular flexibility index (Phi) is 6.01. The number of ether oxygens (including phenoxy) is 2. The van der Waals surface area contributed by atoms with Crippen LogP contribution in [0.2, 0.25) is 0 Å². The molecule has 1 saturated heterocycles. The molecule has 0 spiro atoms. The van der Waals surface area contributed by atoms with Crippen molar-refractivity contribution in [3.8, 4) is 11.4 Å². The molecule has 26 heavy (non-hydrogen) atoms. The van der Waals surface area contributed by atoms with Crippen molar-refractivity contribution in [2.24, 2.45) is 0 Å². The highest BCUT2D eigenvalue weighted by Crippen LogP contribution is 2.16. The number of hydrogen-bond donors (Lipinski definition) is 0. The summed E-state index contributed by atoms with van der Waals surface area (Å²) < 4.78 is 13.3. The van der Waals surface area contributed by atoms with E-state index in [9.17, 15) is 4.79 Å². The van der Waals surface area contributed by atoms with Crippen molar-refractivity contribution >= 4 is 5.91 Å². The van der Waals surface area contributed by atoms with Gasteiger partial charge in [-0.05, 0) is 37.6 Å². The van der Waals surface area contributed by atoms with E-state index in [0.29, 0.717) is 26.3 Å². The SMILES string of the molecule is CC/C=C(\C)C(=O)N1CCOC(COc2ccc(-n3cncn3)cc2)C1. The van der Waals surface area contributed by atoms with Crippen LogP contribution in [0, 0.1) is 0 Å². The molecule has 2 heterocycles. The van der Waals surface area contributed by atoms with Crippen LogP contribution in [0.3, 0.4) is 0 Å². The molecule has 0 aliphatic carbocycles. The van der Waals surface area contributed by atoms with Crippen LogP contribution >= 0.6 is 0 Å². The quantitative estimate of drug-likeness (QED) is 0.743. The second kappa shape index (κ2) is 8.62. The third-order valence-corrected chi connectivity index (χ3v) is 4.23. The van der Waals surface area contributed by atoms with Crippen molar-refractivity contribution in [3.63, 3.8) is 0 Å². The summed E-state index contributed by atoms with van der Waals surface area (Å²) >= 11 is 0. The molecule has 1 amide bonds. The lowest BCUT2D eigenvalue weighted by molar-refractivity contribution is -0.135. The fourth-order valence-electron chi connectivity index (χ4n) is 2.87. The molecular formula is C19H24N4O3. The van der Waals surface area contributed by atoms with Gasteiger partial charge in [-0.3, -0.25) is 4.79 Å². The monoisotopic (exact) mass is 356 g/mol. The number of morpholine rings is 1. The number of carbonyl (C=O) groups is 1. The minimum Gasteiger partial charge on any atom is -0.491 e. The molecule has 7 nitrogen and oxygen atoms in total. The highest BCUT2D eigenvalue weighted by molar-refractivity contribution is 5.92. The number of allylic oxidation sites excluding steroid dienone is 1. The van der Waals surface area contributed by atoms with E-state index in [1.54, 1.807) is 11.0 Å². The fraction of sp³-hybridized carbons (Fsp3) is 0.421. The summed E-state index contributed by atoms with van der Waals surface area (Å²) in [5.41, 5.74) is 1.71. The van der Waals surface area contributed by atoms with Gasteiger partial charge in [0.25, 0.3) is 0 Å². The van der Waals surface area contributed by atoms with Crippen molar-refractivity contribution in [2.75, 3.05) is 26.3 Å².